The minimum atomic E-state index is -0.353. The van der Waals surface area contributed by atoms with E-state index in [1.807, 2.05) is 12.3 Å². The number of thiazole rings is 1. The lowest BCUT2D eigenvalue weighted by atomic mass is 10.2. The molecular formula is C17H22N4O2S. The zero-order chi connectivity index (χ0) is 17.1. The Morgan fingerprint density at radius 3 is 3.04 bits per heavy atom. The average Bonchev–Trinajstić information content (AvgIpc) is 3.24. The quantitative estimate of drug-likeness (QED) is 0.771. The number of hydrogen-bond acceptors (Lipinski definition) is 7. The standard InChI is InChI=1S/C17H22N4O2S/c1-4-23-17(22)12-10-24-16(19-12)13-6-5-9-21(13)14-7-8-18-15(20-14)11(2)3/h7-8,10-11,13H,4-6,9H2,1-3H3. The first-order valence-corrected chi connectivity index (χ1v) is 9.20. The minimum absolute atomic E-state index is 0.160. The van der Waals surface area contributed by atoms with Gasteiger partial charge in [0.2, 0.25) is 0 Å². The van der Waals surface area contributed by atoms with Gasteiger partial charge in [-0.05, 0) is 25.8 Å². The topological polar surface area (TPSA) is 68.2 Å². The van der Waals surface area contributed by atoms with E-state index in [-0.39, 0.29) is 12.0 Å². The Morgan fingerprint density at radius 1 is 1.46 bits per heavy atom. The van der Waals surface area contributed by atoms with Crippen LogP contribution < -0.4 is 4.90 Å². The van der Waals surface area contributed by atoms with E-state index >= 15 is 0 Å². The zero-order valence-corrected chi connectivity index (χ0v) is 15.0. The number of esters is 1. The highest BCUT2D eigenvalue weighted by molar-refractivity contribution is 7.10. The zero-order valence-electron chi connectivity index (χ0n) is 14.2. The van der Waals surface area contributed by atoms with Crippen LogP contribution in [0.15, 0.2) is 17.6 Å². The molecule has 2 aromatic heterocycles. The molecule has 6 nitrogen and oxygen atoms in total. The highest BCUT2D eigenvalue weighted by Gasteiger charge is 2.30. The number of nitrogens with zero attached hydrogens (tertiary/aromatic N) is 4. The van der Waals surface area contributed by atoms with Crippen LogP contribution in [0.25, 0.3) is 0 Å². The smallest absolute Gasteiger partial charge is 0.357 e. The van der Waals surface area contributed by atoms with Crippen molar-refractivity contribution in [3.05, 3.63) is 34.2 Å². The lowest BCUT2D eigenvalue weighted by Crippen LogP contribution is -2.24. The highest BCUT2D eigenvalue weighted by Crippen LogP contribution is 2.36. The Morgan fingerprint density at radius 2 is 2.29 bits per heavy atom. The first-order valence-electron chi connectivity index (χ1n) is 8.32. The molecular weight excluding hydrogens is 324 g/mol. The number of carbonyl (C=O) groups is 1. The molecule has 0 aliphatic carbocycles. The number of rotatable bonds is 5. The van der Waals surface area contributed by atoms with Gasteiger partial charge in [-0.1, -0.05) is 13.8 Å². The second-order valence-electron chi connectivity index (χ2n) is 6.07. The molecule has 1 atom stereocenters. The van der Waals surface area contributed by atoms with E-state index in [0.29, 0.717) is 18.2 Å². The van der Waals surface area contributed by atoms with Crippen LogP contribution in [0.1, 0.15) is 66.9 Å². The lowest BCUT2D eigenvalue weighted by Gasteiger charge is -2.24. The lowest BCUT2D eigenvalue weighted by molar-refractivity contribution is 0.0520. The molecule has 0 amide bonds. The molecule has 24 heavy (non-hydrogen) atoms. The van der Waals surface area contributed by atoms with Crippen LogP contribution in [0.3, 0.4) is 0 Å². The van der Waals surface area contributed by atoms with Gasteiger partial charge in [-0.2, -0.15) is 0 Å². The summed E-state index contributed by atoms with van der Waals surface area (Å²) >= 11 is 1.51. The predicted molar refractivity (Wildman–Crippen MR) is 93.5 cm³/mol. The van der Waals surface area contributed by atoms with E-state index in [1.54, 1.807) is 12.3 Å². The van der Waals surface area contributed by atoms with E-state index in [2.05, 4.69) is 28.7 Å². The van der Waals surface area contributed by atoms with Crippen molar-refractivity contribution in [1.82, 2.24) is 15.0 Å². The predicted octanol–water partition coefficient (Wildman–Crippen LogP) is 3.57. The van der Waals surface area contributed by atoms with Crippen molar-refractivity contribution in [3.8, 4) is 0 Å². The summed E-state index contributed by atoms with van der Waals surface area (Å²) in [4.78, 5) is 27.6. The van der Waals surface area contributed by atoms with Crippen LogP contribution in [0.5, 0.6) is 0 Å². The van der Waals surface area contributed by atoms with E-state index in [0.717, 1.165) is 36.0 Å². The molecule has 1 aliphatic rings. The maximum Gasteiger partial charge on any atom is 0.357 e. The summed E-state index contributed by atoms with van der Waals surface area (Å²) in [6.07, 6.45) is 3.91. The van der Waals surface area contributed by atoms with Crippen molar-refractivity contribution >= 4 is 23.1 Å². The van der Waals surface area contributed by atoms with E-state index in [1.165, 1.54) is 11.3 Å². The van der Waals surface area contributed by atoms with Gasteiger partial charge < -0.3 is 9.64 Å². The van der Waals surface area contributed by atoms with Crippen molar-refractivity contribution in [2.24, 2.45) is 0 Å². The van der Waals surface area contributed by atoms with Gasteiger partial charge in [-0.3, -0.25) is 0 Å². The molecule has 1 saturated heterocycles. The van der Waals surface area contributed by atoms with Crippen molar-refractivity contribution in [1.29, 1.82) is 0 Å². The third kappa shape index (κ3) is 3.40. The Labute approximate surface area is 145 Å². The SMILES string of the molecule is CCOC(=O)c1csc(C2CCCN2c2ccnc(C(C)C)n2)n1. The molecule has 0 bridgehead atoms. The molecule has 128 valence electrons. The van der Waals surface area contributed by atoms with Crippen LogP contribution in [-0.4, -0.2) is 34.1 Å². The third-order valence-corrected chi connectivity index (χ3v) is 4.96. The van der Waals surface area contributed by atoms with E-state index < -0.39 is 0 Å². The average molecular weight is 346 g/mol. The number of hydrogen-bond donors (Lipinski definition) is 0. The van der Waals surface area contributed by atoms with Crippen molar-refractivity contribution in [2.45, 2.75) is 45.6 Å². The molecule has 0 spiro atoms. The summed E-state index contributed by atoms with van der Waals surface area (Å²) in [6, 6.07) is 2.11. The maximum atomic E-state index is 11.8. The Hall–Kier alpha value is -2.02. The van der Waals surface area contributed by atoms with Crippen molar-refractivity contribution in [2.75, 3.05) is 18.1 Å². The summed E-state index contributed by atoms with van der Waals surface area (Å²) in [5, 5.41) is 2.73. The fourth-order valence-corrected chi connectivity index (χ4v) is 3.77. The van der Waals surface area contributed by atoms with Gasteiger partial charge in [0.25, 0.3) is 0 Å². The first kappa shape index (κ1) is 16.8. The largest absolute Gasteiger partial charge is 0.461 e. The summed E-state index contributed by atoms with van der Waals surface area (Å²) in [6.45, 7) is 7.28. The Balaban J connectivity index is 1.83. The van der Waals surface area contributed by atoms with E-state index in [4.69, 9.17) is 9.72 Å². The van der Waals surface area contributed by atoms with Crippen LogP contribution >= 0.6 is 11.3 Å². The fourth-order valence-electron chi connectivity index (χ4n) is 2.84. The minimum Gasteiger partial charge on any atom is -0.461 e. The molecule has 1 fully saturated rings. The van der Waals surface area contributed by atoms with Gasteiger partial charge >= 0.3 is 5.97 Å². The van der Waals surface area contributed by atoms with Crippen LogP contribution in [0.2, 0.25) is 0 Å². The van der Waals surface area contributed by atoms with Crippen LogP contribution in [-0.2, 0) is 4.74 Å². The van der Waals surface area contributed by atoms with Crippen molar-refractivity contribution < 1.29 is 9.53 Å². The molecule has 0 aromatic carbocycles. The molecule has 0 saturated carbocycles. The summed E-state index contributed by atoms with van der Waals surface area (Å²) in [5.41, 5.74) is 0.397. The third-order valence-electron chi connectivity index (χ3n) is 4.01. The number of ether oxygens (including phenoxy) is 1. The molecule has 3 rings (SSSR count). The molecule has 3 heterocycles. The van der Waals surface area contributed by atoms with Crippen LogP contribution in [0, 0.1) is 0 Å². The van der Waals surface area contributed by atoms with Gasteiger partial charge in [0.05, 0.1) is 12.6 Å². The summed E-state index contributed by atoms with van der Waals surface area (Å²) < 4.78 is 5.03. The molecule has 2 aromatic rings. The van der Waals surface area contributed by atoms with Gasteiger partial charge in [-0.25, -0.2) is 19.7 Å². The second-order valence-corrected chi connectivity index (χ2v) is 6.96. The molecule has 1 aliphatic heterocycles. The molecule has 1 unspecified atom stereocenters. The fraction of sp³-hybridized carbons (Fsp3) is 0.529. The number of carbonyl (C=O) groups excluding carboxylic acids is 1. The highest BCUT2D eigenvalue weighted by atomic mass is 32.1. The second kappa shape index (κ2) is 7.25. The number of anilines is 1. The van der Waals surface area contributed by atoms with Gasteiger partial charge in [0.1, 0.15) is 16.6 Å². The van der Waals surface area contributed by atoms with Gasteiger partial charge in [-0.15, -0.1) is 11.3 Å². The molecule has 0 N–H and O–H groups in total. The first-order chi connectivity index (χ1) is 11.6. The number of aromatic nitrogens is 3. The van der Waals surface area contributed by atoms with Gasteiger partial charge in [0.15, 0.2) is 5.69 Å². The summed E-state index contributed by atoms with van der Waals surface area (Å²) in [5.74, 6) is 1.73. The summed E-state index contributed by atoms with van der Waals surface area (Å²) in [7, 11) is 0. The Bertz CT molecular complexity index is 716. The maximum absolute atomic E-state index is 11.8. The monoisotopic (exact) mass is 346 g/mol. The molecule has 0 radical (unpaired) electrons. The molecule has 7 heteroatoms. The van der Waals surface area contributed by atoms with Crippen molar-refractivity contribution in [3.63, 3.8) is 0 Å². The van der Waals surface area contributed by atoms with Gasteiger partial charge in [0, 0.05) is 24.0 Å². The van der Waals surface area contributed by atoms with Crippen LogP contribution in [0.4, 0.5) is 5.82 Å². The normalized spacial score (nSPS) is 17.5. The Kier molecular flexibility index (Phi) is 5.08. The van der Waals surface area contributed by atoms with E-state index in [9.17, 15) is 4.79 Å².